The predicted octanol–water partition coefficient (Wildman–Crippen LogP) is 1.88. The Hall–Kier alpha value is -2.14. The van der Waals surface area contributed by atoms with Crippen molar-refractivity contribution in [3.05, 3.63) is 48.0 Å². The first-order chi connectivity index (χ1) is 10.6. The molecule has 1 aliphatic carbocycles. The van der Waals surface area contributed by atoms with Crippen LogP contribution in [0.15, 0.2) is 36.9 Å². The number of carbonyl (C=O) groups is 2. The summed E-state index contributed by atoms with van der Waals surface area (Å²) in [5.41, 5.74) is 2.17. The Morgan fingerprint density at radius 1 is 1.45 bits per heavy atom. The monoisotopic (exact) mass is 303 g/mol. The van der Waals surface area contributed by atoms with E-state index < -0.39 is 12.0 Å². The number of carbonyl (C=O) groups excluding carboxylic acids is 1. The summed E-state index contributed by atoms with van der Waals surface area (Å²) in [4.78, 5) is 23.7. The Morgan fingerprint density at radius 2 is 2.23 bits per heavy atom. The molecule has 2 unspecified atom stereocenters. The molecule has 0 spiro atoms. The van der Waals surface area contributed by atoms with Gasteiger partial charge >= 0.3 is 5.97 Å². The summed E-state index contributed by atoms with van der Waals surface area (Å²) in [5.74, 6) is -1.63. The molecule has 1 aliphatic rings. The number of carboxylic acid groups (broad SMARTS) is 1. The van der Waals surface area contributed by atoms with Gasteiger partial charge in [-0.3, -0.25) is 4.79 Å². The Morgan fingerprint density at radius 3 is 2.95 bits per heavy atom. The molecule has 0 saturated heterocycles. The molecule has 0 aliphatic heterocycles. The molecule has 118 valence electrons. The van der Waals surface area contributed by atoms with E-state index in [-0.39, 0.29) is 25.0 Å². The second kappa shape index (κ2) is 7.75. The minimum Gasteiger partial charge on any atom is -0.480 e. The van der Waals surface area contributed by atoms with Crippen molar-refractivity contribution in [3.63, 3.8) is 0 Å². The van der Waals surface area contributed by atoms with Gasteiger partial charge in [0.15, 0.2) is 6.04 Å². The number of amides is 1. The predicted molar refractivity (Wildman–Crippen MR) is 82.7 cm³/mol. The first-order valence-corrected chi connectivity index (χ1v) is 7.43. The molecule has 0 aromatic heterocycles. The van der Waals surface area contributed by atoms with Gasteiger partial charge in [-0.15, -0.1) is 6.58 Å². The highest BCUT2D eigenvalue weighted by atomic mass is 16.5. The molecule has 0 radical (unpaired) electrons. The van der Waals surface area contributed by atoms with Gasteiger partial charge in [-0.25, -0.2) is 4.79 Å². The van der Waals surface area contributed by atoms with Crippen LogP contribution in [0.1, 0.15) is 29.9 Å². The quantitative estimate of drug-likeness (QED) is 0.596. The maximum Gasteiger partial charge on any atom is 0.328 e. The van der Waals surface area contributed by atoms with Gasteiger partial charge in [0.2, 0.25) is 5.91 Å². The van der Waals surface area contributed by atoms with E-state index in [1.165, 1.54) is 11.6 Å². The highest BCUT2D eigenvalue weighted by Crippen LogP contribution is 2.31. The van der Waals surface area contributed by atoms with E-state index >= 15 is 0 Å². The molecule has 2 rings (SSSR count). The lowest BCUT2D eigenvalue weighted by molar-refractivity contribution is -0.143. The summed E-state index contributed by atoms with van der Waals surface area (Å²) in [6.45, 7) is 3.69. The van der Waals surface area contributed by atoms with Crippen molar-refractivity contribution >= 4 is 11.9 Å². The second-order valence-corrected chi connectivity index (χ2v) is 5.37. The molecule has 0 saturated carbocycles. The highest BCUT2D eigenvalue weighted by Gasteiger charge is 2.29. The Kier molecular flexibility index (Phi) is 5.72. The summed E-state index contributed by atoms with van der Waals surface area (Å²) in [5, 5.41) is 11.8. The molecule has 22 heavy (non-hydrogen) atoms. The number of hydrogen-bond acceptors (Lipinski definition) is 3. The average molecular weight is 303 g/mol. The van der Waals surface area contributed by atoms with E-state index in [0.717, 1.165) is 24.8 Å². The summed E-state index contributed by atoms with van der Waals surface area (Å²) in [7, 11) is 0. The van der Waals surface area contributed by atoms with Crippen LogP contribution < -0.4 is 5.32 Å². The maximum absolute atomic E-state index is 12.5. The Bertz CT molecular complexity index is 555. The van der Waals surface area contributed by atoms with Gasteiger partial charge in [0.1, 0.15) is 0 Å². The number of aliphatic carboxylic acids is 1. The molecule has 0 bridgehead atoms. The third-order valence-corrected chi connectivity index (χ3v) is 3.82. The standard InChI is InChI=1S/C17H21NO4/c1-2-10-22-11-15(17(20)21)18-16(19)14-9-5-7-12-6-3-4-8-13(12)14/h2-4,6,8,14-15H,1,5,7,9-11H2,(H,18,19)(H,20,21). The summed E-state index contributed by atoms with van der Waals surface area (Å²) < 4.78 is 5.15. The van der Waals surface area contributed by atoms with Gasteiger partial charge in [-0.1, -0.05) is 30.3 Å². The third-order valence-electron chi connectivity index (χ3n) is 3.82. The van der Waals surface area contributed by atoms with Crippen LogP contribution in [-0.4, -0.2) is 36.2 Å². The largest absolute Gasteiger partial charge is 0.480 e. The SMILES string of the molecule is C=CCOCC(NC(=O)C1CCCc2ccccc21)C(=O)O. The highest BCUT2D eigenvalue weighted by molar-refractivity contribution is 5.88. The Labute approximate surface area is 130 Å². The van der Waals surface area contributed by atoms with E-state index in [1.807, 2.05) is 24.3 Å². The van der Waals surface area contributed by atoms with Crippen LogP contribution in [0.3, 0.4) is 0 Å². The number of hydrogen-bond donors (Lipinski definition) is 2. The van der Waals surface area contributed by atoms with Gasteiger partial charge in [0.25, 0.3) is 0 Å². The van der Waals surface area contributed by atoms with Crippen molar-refractivity contribution in [2.75, 3.05) is 13.2 Å². The lowest BCUT2D eigenvalue weighted by atomic mass is 9.82. The number of rotatable bonds is 7. The second-order valence-electron chi connectivity index (χ2n) is 5.37. The average Bonchev–Trinajstić information content (AvgIpc) is 2.53. The van der Waals surface area contributed by atoms with Gasteiger partial charge in [0.05, 0.1) is 19.1 Å². The topological polar surface area (TPSA) is 75.6 Å². The number of benzene rings is 1. The van der Waals surface area contributed by atoms with Crippen molar-refractivity contribution in [1.82, 2.24) is 5.32 Å². The molecule has 1 aromatic carbocycles. The van der Waals surface area contributed by atoms with Gasteiger partial charge in [-0.05, 0) is 30.4 Å². The zero-order chi connectivity index (χ0) is 15.9. The fourth-order valence-electron chi connectivity index (χ4n) is 2.74. The molecule has 2 N–H and O–H groups in total. The minimum absolute atomic E-state index is 0.0680. The number of aryl methyl sites for hydroxylation is 1. The lowest BCUT2D eigenvalue weighted by Gasteiger charge is -2.26. The third kappa shape index (κ3) is 3.95. The molecule has 5 heteroatoms. The molecular weight excluding hydrogens is 282 g/mol. The van der Waals surface area contributed by atoms with E-state index in [9.17, 15) is 14.7 Å². The first-order valence-electron chi connectivity index (χ1n) is 7.43. The lowest BCUT2D eigenvalue weighted by Crippen LogP contribution is -2.46. The van der Waals surface area contributed by atoms with Crippen LogP contribution in [0.2, 0.25) is 0 Å². The fourth-order valence-corrected chi connectivity index (χ4v) is 2.74. The molecule has 1 aromatic rings. The smallest absolute Gasteiger partial charge is 0.328 e. The molecule has 1 amide bonds. The van der Waals surface area contributed by atoms with E-state index in [4.69, 9.17) is 4.74 Å². The van der Waals surface area contributed by atoms with Crippen molar-refractivity contribution in [3.8, 4) is 0 Å². The van der Waals surface area contributed by atoms with Crippen molar-refractivity contribution in [2.45, 2.75) is 31.2 Å². The zero-order valence-corrected chi connectivity index (χ0v) is 12.5. The Balaban J connectivity index is 2.04. The number of ether oxygens (including phenoxy) is 1. The van der Waals surface area contributed by atoms with Crippen molar-refractivity contribution in [2.24, 2.45) is 0 Å². The summed E-state index contributed by atoms with van der Waals surface area (Å²) in [6, 6.07) is 6.80. The summed E-state index contributed by atoms with van der Waals surface area (Å²) in [6.07, 6.45) is 4.17. The van der Waals surface area contributed by atoms with E-state index in [2.05, 4.69) is 11.9 Å². The normalized spacial score (nSPS) is 18.1. The molecule has 2 atom stereocenters. The van der Waals surface area contributed by atoms with Crippen LogP contribution in [0.5, 0.6) is 0 Å². The maximum atomic E-state index is 12.5. The number of fused-ring (bicyclic) bond motifs is 1. The molecule has 5 nitrogen and oxygen atoms in total. The van der Waals surface area contributed by atoms with E-state index in [1.54, 1.807) is 0 Å². The van der Waals surface area contributed by atoms with Crippen LogP contribution in [0, 0.1) is 0 Å². The minimum atomic E-state index is -1.10. The van der Waals surface area contributed by atoms with Crippen molar-refractivity contribution < 1.29 is 19.4 Å². The molecular formula is C17H21NO4. The van der Waals surface area contributed by atoms with Gasteiger partial charge in [0, 0.05) is 0 Å². The fraction of sp³-hybridized carbons (Fsp3) is 0.412. The zero-order valence-electron chi connectivity index (χ0n) is 12.5. The number of nitrogens with one attached hydrogen (secondary N) is 1. The van der Waals surface area contributed by atoms with Crippen molar-refractivity contribution in [1.29, 1.82) is 0 Å². The van der Waals surface area contributed by atoms with Gasteiger partial charge in [-0.2, -0.15) is 0 Å². The van der Waals surface area contributed by atoms with Crippen LogP contribution in [0.4, 0.5) is 0 Å². The molecule has 0 heterocycles. The van der Waals surface area contributed by atoms with Crippen LogP contribution >= 0.6 is 0 Å². The molecule has 0 fully saturated rings. The van der Waals surface area contributed by atoms with E-state index in [0.29, 0.717) is 0 Å². The summed E-state index contributed by atoms with van der Waals surface area (Å²) >= 11 is 0. The number of carboxylic acids is 1. The van der Waals surface area contributed by atoms with Crippen LogP contribution in [-0.2, 0) is 20.7 Å². The van der Waals surface area contributed by atoms with Crippen LogP contribution in [0.25, 0.3) is 0 Å². The first kappa shape index (κ1) is 16.2. The van der Waals surface area contributed by atoms with Gasteiger partial charge < -0.3 is 15.2 Å².